The molecule has 0 unspecified atom stereocenters. The summed E-state index contributed by atoms with van der Waals surface area (Å²) < 4.78 is 11.9. The van der Waals surface area contributed by atoms with E-state index in [-0.39, 0.29) is 5.41 Å². The van der Waals surface area contributed by atoms with E-state index in [0.717, 1.165) is 5.56 Å². The highest BCUT2D eigenvalue weighted by atomic mass is 79.9. The number of halogens is 3. The molecule has 78 valence electrons. The molecule has 1 aromatic carbocycles. The monoisotopic (exact) mass is 322 g/mol. The van der Waals surface area contributed by atoms with Crippen LogP contribution in [0, 0.1) is 0 Å². The van der Waals surface area contributed by atoms with E-state index in [9.17, 15) is 4.39 Å². The van der Waals surface area contributed by atoms with Gasteiger partial charge in [-0.25, -0.2) is 4.39 Å². The maximum absolute atomic E-state index is 13.5. The van der Waals surface area contributed by atoms with Gasteiger partial charge < -0.3 is 0 Å². The molecule has 0 atom stereocenters. The van der Waals surface area contributed by atoms with Crippen molar-refractivity contribution >= 4 is 31.9 Å². The van der Waals surface area contributed by atoms with Gasteiger partial charge in [0.25, 0.3) is 0 Å². The summed E-state index contributed by atoms with van der Waals surface area (Å²) in [5, 5.41) is 0. The summed E-state index contributed by atoms with van der Waals surface area (Å²) in [5.41, 5.74) is 1.75. The Morgan fingerprint density at radius 3 is 2.00 bits per heavy atom. The second kappa shape index (κ2) is 3.93. The van der Waals surface area contributed by atoms with E-state index in [0.29, 0.717) is 5.56 Å². The molecule has 0 aliphatic rings. The molecule has 0 saturated carbocycles. The van der Waals surface area contributed by atoms with Crippen LogP contribution in [0.1, 0.15) is 31.9 Å². The normalized spacial score (nSPS) is 13.0. The Bertz CT molecular complexity index is 292. The third-order valence-electron chi connectivity index (χ3n) is 2.06. The molecule has 0 aliphatic heterocycles. The quantitative estimate of drug-likeness (QED) is 0.648. The average molecular weight is 324 g/mol. The Balaban J connectivity index is 3.15. The number of hydrogen-bond acceptors (Lipinski definition) is 0. The maximum atomic E-state index is 13.5. The maximum Gasteiger partial charge on any atom is 0.244 e. The molecular weight excluding hydrogens is 311 g/mol. The first-order valence-electron chi connectivity index (χ1n) is 4.39. The van der Waals surface area contributed by atoms with Gasteiger partial charge in [-0.05, 0) is 42.8 Å². The van der Waals surface area contributed by atoms with Crippen LogP contribution in [0.3, 0.4) is 0 Å². The molecule has 1 rings (SSSR count). The van der Waals surface area contributed by atoms with Crippen molar-refractivity contribution in [2.75, 3.05) is 0 Å². The number of benzene rings is 1. The van der Waals surface area contributed by atoms with Crippen molar-refractivity contribution in [2.45, 2.75) is 29.7 Å². The first kappa shape index (κ1) is 12.2. The van der Waals surface area contributed by atoms with Crippen molar-refractivity contribution in [1.82, 2.24) is 0 Å². The van der Waals surface area contributed by atoms with Crippen LogP contribution in [0.5, 0.6) is 0 Å². The Morgan fingerprint density at radius 1 is 1.07 bits per heavy atom. The zero-order chi connectivity index (χ0) is 11.0. The van der Waals surface area contributed by atoms with Crippen molar-refractivity contribution in [3.8, 4) is 0 Å². The van der Waals surface area contributed by atoms with Gasteiger partial charge in [0.2, 0.25) is 3.49 Å². The highest BCUT2D eigenvalue weighted by Crippen LogP contribution is 2.40. The van der Waals surface area contributed by atoms with Crippen molar-refractivity contribution in [3.05, 3.63) is 35.4 Å². The first-order valence-corrected chi connectivity index (χ1v) is 5.97. The van der Waals surface area contributed by atoms with Gasteiger partial charge in [-0.15, -0.1) is 0 Å². The molecule has 0 aliphatic carbocycles. The number of alkyl halides is 3. The third kappa shape index (κ3) is 3.06. The van der Waals surface area contributed by atoms with Crippen LogP contribution < -0.4 is 0 Å². The second-order valence-electron chi connectivity index (χ2n) is 4.33. The van der Waals surface area contributed by atoms with Crippen LogP contribution in [-0.2, 0) is 8.90 Å². The molecule has 1 aromatic rings. The second-order valence-corrected chi connectivity index (χ2v) is 7.58. The van der Waals surface area contributed by atoms with Crippen LogP contribution in [0.4, 0.5) is 4.39 Å². The van der Waals surface area contributed by atoms with Gasteiger partial charge in [0.15, 0.2) is 0 Å². The molecule has 14 heavy (non-hydrogen) atoms. The predicted octanol–water partition coefficient (Wildman–Crippen LogP) is 4.85. The minimum absolute atomic E-state index is 0.0429. The summed E-state index contributed by atoms with van der Waals surface area (Å²) in [6.45, 7) is 6.32. The summed E-state index contributed by atoms with van der Waals surface area (Å²) >= 11 is 5.88. The third-order valence-corrected chi connectivity index (χ3v) is 2.97. The largest absolute Gasteiger partial charge is 0.244 e. The Labute approximate surface area is 101 Å². The van der Waals surface area contributed by atoms with Gasteiger partial charge in [0, 0.05) is 5.56 Å². The van der Waals surface area contributed by atoms with Gasteiger partial charge in [-0.1, -0.05) is 45.0 Å². The molecule has 0 N–H and O–H groups in total. The lowest BCUT2D eigenvalue weighted by atomic mass is 9.86. The van der Waals surface area contributed by atoms with Crippen molar-refractivity contribution in [3.63, 3.8) is 0 Å². The molecule has 0 nitrogen and oxygen atoms in total. The summed E-state index contributed by atoms with van der Waals surface area (Å²) in [5.74, 6) is 0. The van der Waals surface area contributed by atoms with Gasteiger partial charge in [-0.2, -0.15) is 0 Å². The van der Waals surface area contributed by atoms with E-state index in [2.05, 4.69) is 52.6 Å². The van der Waals surface area contributed by atoms with Crippen molar-refractivity contribution < 1.29 is 4.39 Å². The minimum Gasteiger partial charge on any atom is -0.213 e. The van der Waals surface area contributed by atoms with E-state index in [1.54, 1.807) is 6.07 Å². The van der Waals surface area contributed by atoms with Crippen LogP contribution >= 0.6 is 31.9 Å². The van der Waals surface area contributed by atoms with Gasteiger partial charge in [0.1, 0.15) is 0 Å². The summed E-state index contributed by atoms with van der Waals surface area (Å²) in [4.78, 5) is 0. The van der Waals surface area contributed by atoms with Crippen molar-refractivity contribution in [1.29, 1.82) is 0 Å². The smallest absolute Gasteiger partial charge is 0.213 e. The molecular formula is C11H13Br2F. The fraction of sp³-hybridized carbons (Fsp3) is 0.455. The van der Waals surface area contributed by atoms with E-state index < -0.39 is 3.49 Å². The molecule has 0 amide bonds. The molecule has 0 spiro atoms. The highest BCUT2D eigenvalue weighted by Gasteiger charge is 2.25. The Hall–Kier alpha value is 0.110. The summed E-state index contributed by atoms with van der Waals surface area (Å²) in [7, 11) is 0. The molecule has 0 bridgehead atoms. The lowest BCUT2D eigenvalue weighted by Gasteiger charge is -2.21. The molecule has 0 radical (unpaired) electrons. The van der Waals surface area contributed by atoms with Crippen LogP contribution in [0.2, 0.25) is 0 Å². The molecule has 3 heteroatoms. The Kier molecular flexibility index (Phi) is 3.42. The summed E-state index contributed by atoms with van der Waals surface area (Å²) in [6, 6.07) is 7.49. The predicted molar refractivity (Wildman–Crippen MR) is 65.8 cm³/mol. The molecule has 0 saturated heterocycles. The zero-order valence-corrected chi connectivity index (χ0v) is 11.6. The van der Waals surface area contributed by atoms with Crippen molar-refractivity contribution in [2.24, 2.45) is 0 Å². The van der Waals surface area contributed by atoms with Crippen LogP contribution in [-0.4, -0.2) is 0 Å². The van der Waals surface area contributed by atoms with Gasteiger partial charge >= 0.3 is 0 Å². The van der Waals surface area contributed by atoms with Crippen LogP contribution in [0.15, 0.2) is 24.3 Å². The summed E-state index contributed by atoms with van der Waals surface area (Å²) in [6.07, 6.45) is 0. The standard InChI is InChI=1S/C11H13Br2F/c1-10(2,3)8-5-4-6-9(7-8)11(12,13)14/h4-7H,1-3H3. The van der Waals surface area contributed by atoms with E-state index in [1.807, 2.05) is 18.2 Å². The molecule has 0 heterocycles. The lowest BCUT2D eigenvalue weighted by Crippen LogP contribution is -2.12. The highest BCUT2D eigenvalue weighted by molar-refractivity contribution is 9.24. The zero-order valence-electron chi connectivity index (χ0n) is 8.44. The topological polar surface area (TPSA) is 0 Å². The SMILES string of the molecule is CC(C)(C)c1cccc(C(F)(Br)Br)c1. The Morgan fingerprint density at radius 2 is 1.57 bits per heavy atom. The van der Waals surface area contributed by atoms with E-state index >= 15 is 0 Å². The average Bonchev–Trinajstić information content (AvgIpc) is 2.01. The van der Waals surface area contributed by atoms with Gasteiger partial charge in [-0.3, -0.25) is 0 Å². The lowest BCUT2D eigenvalue weighted by molar-refractivity contribution is 0.443. The van der Waals surface area contributed by atoms with E-state index in [1.165, 1.54) is 0 Å². The van der Waals surface area contributed by atoms with E-state index in [4.69, 9.17) is 0 Å². The van der Waals surface area contributed by atoms with Gasteiger partial charge in [0.05, 0.1) is 0 Å². The molecule has 0 aromatic heterocycles. The number of hydrogen-bond donors (Lipinski definition) is 0. The first-order chi connectivity index (χ1) is 6.21. The fourth-order valence-electron chi connectivity index (χ4n) is 1.16. The molecule has 0 fully saturated rings. The number of rotatable bonds is 1. The minimum atomic E-state index is -1.62. The fourth-order valence-corrected chi connectivity index (χ4v) is 1.66. The van der Waals surface area contributed by atoms with Crippen LogP contribution in [0.25, 0.3) is 0 Å².